The van der Waals surface area contributed by atoms with E-state index in [4.69, 9.17) is 5.73 Å². The summed E-state index contributed by atoms with van der Waals surface area (Å²) in [6.45, 7) is 0. The van der Waals surface area contributed by atoms with Gasteiger partial charge in [0.15, 0.2) is 6.29 Å². The Kier molecular flexibility index (Phi) is 3.49. The number of hydrogen-bond donors (Lipinski definition) is 1. The van der Waals surface area contributed by atoms with E-state index in [0.29, 0.717) is 11.8 Å². The van der Waals surface area contributed by atoms with Crippen LogP contribution in [0, 0.1) is 10.1 Å². The van der Waals surface area contributed by atoms with Crippen LogP contribution >= 0.6 is 0 Å². The van der Waals surface area contributed by atoms with Crippen LogP contribution in [0.1, 0.15) is 15.9 Å². The lowest BCUT2D eigenvalue weighted by Crippen LogP contribution is -2.05. The van der Waals surface area contributed by atoms with Gasteiger partial charge in [-0.3, -0.25) is 19.7 Å². The number of aldehydes is 1. The molecular weight excluding hydrogens is 212 g/mol. The Morgan fingerprint density at radius 2 is 2.06 bits per heavy atom. The zero-order valence-corrected chi connectivity index (χ0v) is 8.12. The molecule has 1 aromatic carbocycles. The second-order valence-electron chi connectivity index (χ2n) is 2.92. The Morgan fingerprint density at radius 3 is 2.56 bits per heavy atom. The van der Waals surface area contributed by atoms with Crippen molar-refractivity contribution in [3.8, 4) is 0 Å². The number of hydrogen-bond acceptors (Lipinski definition) is 4. The third-order valence-electron chi connectivity index (χ3n) is 1.84. The molecule has 6 heteroatoms. The summed E-state index contributed by atoms with van der Waals surface area (Å²) in [7, 11) is 0. The molecule has 0 saturated heterocycles. The fourth-order valence-electron chi connectivity index (χ4n) is 1.10. The van der Waals surface area contributed by atoms with Crippen molar-refractivity contribution in [2.45, 2.75) is 0 Å². The predicted octanol–water partition coefficient (Wildman–Crippen LogP) is 0.906. The number of nitro benzene ring substituents is 1. The van der Waals surface area contributed by atoms with Crippen LogP contribution in [0.25, 0.3) is 6.08 Å². The number of carbonyl (C=O) groups excluding carboxylic acids is 2. The number of rotatable bonds is 4. The fourth-order valence-corrected chi connectivity index (χ4v) is 1.10. The Morgan fingerprint density at radius 1 is 1.38 bits per heavy atom. The molecule has 0 aliphatic rings. The first-order valence-corrected chi connectivity index (χ1v) is 4.25. The maximum absolute atomic E-state index is 10.7. The van der Waals surface area contributed by atoms with Crippen molar-refractivity contribution < 1.29 is 14.5 Å². The van der Waals surface area contributed by atoms with Crippen molar-refractivity contribution in [3.63, 3.8) is 0 Å². The van der Waals surface area contributed by atoms with Gasteiger partial charge in [0.05, 0.1) is 4.92 Å². The van der Waals surface area contributed by atoms with Crippen LogP contribution in [-0.4, -0.2) is 17.1 Å². The van der Waals surface area contributed by atoms with Crippen LogP contribution in [0.3, 0.4) is 0 Å². The van der Waals surface area contributed by atoms with Gasteiger partial charge >= 0.3 is 0 Å². The number of nitrogens with zero attached hydrogens (tertiary/aromatic N) is 1. The maximum Gasteiger partial charge on any atom is 0.270 e. The molecule has 1 aromatic rings. The van der Waals surface area contributed by atoms with Crippen molar-refractivity contribution in [1.82, 2.24) is 0 Å². The summed E-state index contributed by atoms with van der Waals surface area (Å²) in [6.07, 6.45) is 2.89. The summed E-state index contributed by atoms with van der Waals surface area (Å²) in [5.74, 6) is -0.657. The molecule has 0 heterocycles. The van der Waals surface area contributed by atoms with Crippen molar-refractivity contribution in [2.75, 3.05) is 0 Å². The van der Waals surface area contributed by atoms with Crippen LogP contribution in [0.4, 0.5) is 5.69 Å². The lowest BCUT2D eigenvalue weighted by atomic mass is 10.1. The summed E-state index contributed by atoms with van der Waals surface area (Å²) in [4.78, 5) is 31.0. The highest BCUT2D eigenvalue weighted by molar-refractivity contribution is 5.92. The normalized spacial score (nSPS) is 10.2. The van der Waals surface area contributed by atoms with E-state index in [1.807, 2.05) is 0 Å². The smallest absolute Gasteiger partial charge is 0.270 e. The molecule has 16 heavy (non-hydrogen) atoms. The number of carbonyl (C=O) groups is 2. The van der Waals surface area contributed by atoms with Gasteiger partial charge in [-0.2, -0.15) is 0 Å². The number of nitro groups is 1. The summed E-state index contributed by atoms with van der Waals surface area (Å²) in [5, 5.41) is 10.4. The van der Waals surface area contributed by atoms with Gasteiger partial charge in [-0.05, 0) is 17.7 Å². The average molecular weight is 220 g/mol. The molecule has 0 aliphatic carbocycles. The Bertz CT molecular complexity index is 480. The van der Waals surface area contributed by atoms with Crippen molar-refractivity contribution in [2.24, 2.45) is 5.73 Å². The first-order chi connectivity index (χ1) is 7.54. The van der Waals surface area contributed by atoms with Crippen molar-refractivity contribution >= 4 is 24.0 Å². The molecule has 0 fully saturated rings. The lowest BCUT2D eigenvalue weighted by molar-refractivity contribution is -0.384. The highest BCUT2D eigenvalue weighted by Gasteiger charge is 2.08. The van der Waals surface area contributed by atoms with Gasteiger partial charge in [0, 0.05) is 23.8 Å². The molecule has 0 radical (unpaired) electrons. The summed E-state index contributed by atoms with van der Waals surface area (Å²) in [6, 6.07) is 3.75. The molecule has 0 atom stereocenters. The third kappa shape index (κ3) is 2.74. The minimum Gasteiger partial charge on any atom is -0.366 e. The minimum atomic E-state index is -0.657. The van der Waals surface area contributed by atoms with Gasteiger partial charge in [0.1, 0.15) is 0 Å². The van der Waals surface area contributed by atoms with Crippen molar-refractivity contribution in [3.05, 3.63) is 45.5 Å². The van der Waals surface area contributed by atoms with E-state index in [1.54, 1.807) is 0 Å². The molecule has 82 valence electrons. The van der Waals surface area contributed by atoms with Gasteiger partial charge in [0.25, 0.3) is 5.69 Å². The quantitative estimate of drug-likeness (QED) is 0.352. The van der Waals surface area contributed by atoms with Gasteiger partial charge in [-0.25, -0.2) is 0 Å². The van der Waals surface area contributed by atoms with Gasteiger partial charge < -0.3 is 5.73 Å². The molecule has 0 bridgehead atoms. The molecule has 1 amide bonds. The van der Waals surface area contributed by atoms with Gasteiger partial charge in [-0.1, -0.05) is 0 Å². The zero-order chi connectivity index (χ0) is 12.1. The molecule has 6 nitrogen and oxygen atoms in total. The van der Waals surface area contributed by atoms with Crippen LogP contribution < -0.4 is 5.73 Å². The SMILES string of the molecule is NC(=O)C=Cc1ccc([N+](=O)[O-])cc1C=O. The van der Waals surface area contributed by atoms with E-state index in [2.05, 4.69) is 0 Å². The van der Waals surface area contributed by atoms with E-state index < -0.39 is 10.8 Å². The van der Waals surface area contributed by atoms with Gasteiger partial charge in [-0.15, -0.1) is 0 Å². The number of primary amides is 1. The summed E-state index contributed by atoms with van der Waals surface area (Å²) in [5.41, 5.74) is 5.24. The largest absolute Gasteiger partial charge is 0.366 e. The topological polar surface area (TPSA) is 103 Å². The number of amides is 1. The molecule has 2 N–H and O–H groups in total. The summed E-state index contributed by atoms with van der Waals surface area (Å²) < 4.78 is 0. The number of non-ortho nitro benzene ring substituents is 1. The van der Waals surface area contributed by atoms with Crippen LogP contribution in [0.5, 0.6) is 0 Å². The van der Waals surface area contributed by atoms with E-state index in [1.165, 1.54) is 18.2 Å². The highest BCUT2D eigenvalue weighted by Crippen LogP contribution is 2.17. The second-order valence-corrected chi connectivity index (χ2v) is 2.92. The average Bonchev–Trinajstić information content (AvgIpc) is 2.25. The summed E-state index contributed by atoms with van der Waals surface area (Å²) >= 11 is 0. The molecule has 0 aromatic heterocycles. The molecule has 0 spiro atoms. The van der Waals surface area contributed by atoms with Gasteiger partial charge in [0.2, 0.25) is 5.91 Å². The third-order valence-corrected chi connectivity index (χ3v) is 1.84. The second kappa shape index (κ2) is 4.83. The minimum absolute atomic E-state index is 0.131. The lowest BCUT2D eigenvalue weighted by Gasteiger charge is -1.98. The zero-order valence-electron chi connectivity index (χ0n) is 8.12. The van der Waals surface area contributed by atoms with Crippen LogP contribution in [0.2, 0.25) is 0 Å². The molecule has 0 saturated carbocycles. The Hall–Kier alpha value is -2.50. The molecule has 0 unspecified atom stereocenters. The standard InChI is InChI=1S/C10H8N2O4/c11-10(14)4-2-7-1-3-9(12(15)16)5-8(7)6-13/h1-6H,(H2,11,14). The van der Waals surface area contributed by atoms with Crippen LogP contribution in [-0.2, 0) is 4.79 Å². The van der Waals surface area contributed by atoms with E-state index in [-0.39, 0.29) is 11.3 Å². The monoisotopic (exact) mass is 220 g/mol. The number of nitrogens with two attached hydrogens (primary N) is 1. The highest BCUT2D eigenvalue weighted by atomic mass is 16.6. The van der Waals surface area contributed by atoms with E-state index >= 15 is 0 Å². The molecule has 1 rings (SSSR count). The van der Waals surface area contributed by atoms with E-state index in [0.717, 1.165) is 12.1 Å². The molecule has 0 aliphatic heterocycles. The fraction of sp³-hybridized carbons (Fsp3) is 0. The predicted molar refractivity (Wildman–Crippen MR) is 56.7 cm³/mol. The first kappa shape index (κ1) is 11.6. The van der Waals surface area contributed by atoms with Crippen LogP contribution in [0.15, 0.2) is 24.3 Å². The molecular formula is C10H8N2O4. The Balaban J connectivity index is 3.16. The van der Waals surface area contributed by atoms with E-state index in [9.17, 15) is 19.7 Å². The number of benzene rings is 1. The van der Waals surface area contributed by atoms with Crippen molar-refractivity contribution in [1.29, 1.82) is 0 Å². The maximum atomic E-state index is 10.7. The first-order valence-electron chi connectivity index (χ1n) is 4.25. The Labute approximate surface area is 90.5 Å².